The first-order valence-electron chi connectivity index (χ1n) is 10.9. The van der Waals surface area contributed by atoms with E-state index in [0.29, 0.717) is 5.65 Å². The predicted molar refractivity (Wildman–Crippen MR) is 120 cm³/mol. The first-order valence-corrected chi connectivity index (χ1v) is 10.9. The maximum absolute atomic E-state index is 13.8. The average molecular weight is 467 g/mol. The Kier molecular flexibility index (Phi) is 5.36. The summed E-state index contributed by atoms with van der Waals surface area (Å²) in [5.74, 6) is 4.96. The molecule has 0 unspecified atom stereocenters. The molecule has 1 aromatic carbocycles. The van der Waals surface area contributed by atoms with Crippen LogP contribution < -0.4 is 20.7 Å². The molecule has 0 saturated heterocycles. The number of benzene rings is 1. The Morgan fingerprint density at radius 3 is 2.62 bits per heavy atom. The number of methoxy groups -OCH3 is 1. The molecule has 1 N–H and O–H groups in total. The minimum atomic E-state index is -0.752. The number of rotatable bonds is 5. The van der Waals surface area contributed by atoms with Crippen LogP contribution >= 0.6 is 0 Å². The van der Waals surface area contributed by atoms with E-state index in [2.05, 4.69) is 21.8 Å². The number of nitrogens with zero attached hydrogens (tertiary/aromatic N) is 4. The summed E-state index contributed by atoms with van der Waals surface area (Å²) in [6.45, 7) is -0.0186. The van der Waals surface area contributed by atoms with Crippen LogP contribution in [0.2, 0.25) is 0 Å². The highest BCUT2D eigenvalue weighted by Gasteiger charge is 2.34. The highest BCUT2D eigenvalue weighted by atomic mass is 19.1. The zero-order valence-corrected chi connectivity index (χ0v) is 18.6. The molecule has 2 fully saturated rings. The van der Waals surface area contributed by atoms with Crippen molar-refractivity contribution in [1.82, 2.24) is 24.0 Å². The van der Waals surface area contributed by atoms with E-state index in [1.54, 1.807) is 4.57 Å². The second kappa shape index (κ2) is 8.37. The number of amides is 1. The van der Waals surface area contributed by atoms with E-state index < -0.39 is 11.9 Å². The van der Waals surface area contributed by atoms with Crippen LogP contribution in [0.5, 0.6) is 11.5 Å². The molecule has 3 aromatic rings. The van der Waals surface area contributed by atoms with Gasteiger partial charge >= 0.3 is 11.8 Å². The van der Waals surface area contributed by atoms with Crippen molar-refractivity contribution in [2.45, 2.75) is 37.8 Å². The van der Waals surface area contributed by atoms with Crippen molar-refractivity contribution in [1.29, 1.82) is 0 Å². The molecule has 11 heteroatoms. The molecule has 0 radical (unpaired) electrons. The van der Waals surface area contributed by atoms with Crippen molar-refractivity contribution < 1.29 is 18.7 Å². The number of halogens is 1. The zero-order valence-electron chi connectivity index (χ0n) is 18.6. The number of para-hydroxylation sites is 1. The molecule has 5 rings (SSSR count). The van der Waals surface area contributed by atoms with Gasteiger partial charge in [0.2, 0.25) is 0 Å². The van der Waals surface area contributed by atoms with Crippen molar-refractivity contribution in [2.24, 2.45) is 0 Å². The Labute approximate surface area is 192 Å². The molecule has 10 nitrogen and oxygen atoms in total. The van der Waals surface area contributed by atoms with E-state index in [9.17, 15) is 18.8 Å². The quantitative estimate of drug-likeness (QED) is 0.576. The minimum Gasteiger partial charge on any atom is -0.490 e. The van der Waals surface area contributed by atoms with Crippen LogP contribution in [0, 0.1) is 17.7 Å². The smallest absolute Gasteiger partial charge is 0.415 e. The van der Waals surface area contributed by atoms with Crippen LogP contribution in [-0.2, 0) is 0 Å². The van der Waals surface area contributed by atoms with Gasteiger partial charge in [0.15, 0.2) is 34.3 Å². The largest absolute Gasteiger partial charge is 0.490 e. The summed E-state index contributed by atoms with van der Waals surface area (Å²) >= 11 is 0. The third-order valence-electron chi connectivity index (χ3n) is 5.75. The van der Waals surface area contributed by atoms with Crippen LogP contribution in [0.15, 0.2) is 27.8 Å². The van der Waals surface area contributed by atoms with Gasteiger partial charge in [0, 0.05) is 19.1 Å². The Hall–Kier alpha value is -4.07. The fourth-order valence-corrected chi connectivity index (χ4v) is 3.72. The molecule has 34 heavy (non-hydrogen) atoms. The van der Waals surface area contributed by atoms with Gasteiger partial charge in [-0.1, -0.05) is 12.0 Å². The molecular weight excluding hydrogens is 445 g/mol. The summed E-state index contributed by atoms with van der Waals surface area (Å²) < 4.78 is 26.8. The molecule has 2 heterocycles. The van der Waals surface area contributed by atoms with Crippen molar-refractivity contribution >= 4 is 17.3 Å². The molecule has 2 saturated carbocycles. The van der Waals surface area contributed by atoms with Crippen LogP contribution in [0.3, 0.4) is 0 Å². The average Bonchev–Trinajstić information content (AvgIpc) is 3.73. The van der Waals surface area contributed by atoms with Crippen LogP contribution in [0.1, 0.15) is 43.6 Å². The second-order valence-electron chi connectivity index (χ2n) is 8.37. The summed E-state index contributed by atoms with van der Waals surface area (Å²) in [4.78, 5) is 46.7. The standard InChI is InChI=1S/C23H22FN5O5/c1-27(23(32)34-16-6-3-5-15(24)19(16)33-2)12-4-7-17-25-18-20(26-17)28(13-8-9-13)22(31)29(21(18)30)14-10-11-14/h3,5-6,13-14H,8-12H2,1-2H3,(H,25,26). The van der Waals surface area contributed by atoms with Gasteiger partial charge in [-0.25, -0.2) is 19.0 Å². The molecule has 0 atom stereocenters. The predicted octanol–water partition coefficient (Wildman–Crippen LogP) is 2.19. The van der Waals surface area contributed by atoms with Crippen LogP contribution in [0.4, 0.5) is 9.18 Å². The summed E-state index contributed by atoms with van der Waals surface area (Å²) in [6.07, 6.45) is 2.62. The number of H-pyrrole nitrogens is 1. The van der Waals surface area contributed by atoms with E-state index in [-0.39, 0.29) is 52.7 Å². The lowest BCUT2D eigenvalue weighted by atomic mass is 10.3. The monoisotopic (exact) mass is 467 g/mol. The van der Waals surface area contributed by atoms with Crippen LogP contribution in [-0.4, -0.2) is 50.8 Å². The van der Waals surface area contributed by atoms with E-state index in [0.717, 1.165) is 25.7 Å². The molecule has 0 bridgehead atoms. The number of aromatic nitrogens is 4. The van der Waals surface area contributed by atoms with E-state index >= 15 is 0 Å². The molecule has 2 aliphatic carbocycles. The first kappa shape index (κ1) is 21.8. The Bertz CT molecular complexity index is 1470. The number of hydrogen-bond acceptors (Lipinski definition) is 6. The Balaban J connectivity index is 1.36. The second-order valence-corrected chi connectivity index (χ2v) is 8.37. The summed E-state index contributed by atoms with van der Waals surface area (Å²) in [5, 5.41) is 0. The van der Waals surface area contributed by atoms with Gasteiger partial charge in [0.05, 0.1) is 13.7 Å². The number of fused-ring (bicyclic) bond motifs is 1. The minimum absolute atomic E-state index is 0.0186. The molecule has 176 valence electrons. The molecule has 2 aliphatic rings. The number of nitrogens with one attached hydrogen (secondary N) is 1. The van der Waals surface area contributed by atoms with Gasteiger partial charge in [-0.15, -0.1) is 0 Å². The fourth-order valence-electron chi connectivity index (χ4n) is 3.72. The lowest BCUT2D eigenvalue weighted by Gasteiger charge is -2.15. The number of carbonyl (C=O) groups is 1. The normalized spacial score (nSPS) is 15.0. The van der Waals surface area contributed by atoms with Crippen molar-refractivity contribution in [3.63, 3.8) is 0 Å². The van der Waals surface area contributed by atoms with Crippen molar-refractivity contribution in [2.75, 3.05) is 20.7 Å². The highest BCUT2D eigenvalue weighted by Crippen LogP contribution is 2.36. The van der Waals surface area contributed by atoms with Gasteiger partial charge < -0.3 is 14.5 Å². The number of carbonyl (C=O) groups excluding carboxylic acids is 1. The maximum Gasteiger partial charge on any atom is 0.415 e. The maximum atomic E-state index is 13.8. The molecule has 1 amide bonds. The number of aromatic amines is 1. The molecular formula is C23H22FN5O5. The fraction of sp³-hybridized carbons (Fsp3) is 0.391. The van der Waals surface area contributed by atoms with E-state index in [4.69, 9.17) is 9.47 Å². The number of ether oxygens (including phenoxy) is 2. The number of imidazole rings is 1. The van der Waals surface area contributed by atoms with Crippen LogP contribution in [0.25, 0.3) is 11.2 Å². The lowest BCUT2D eigenvalue weighted by Crippen LogP contribution is -2.39. The highest BCUT2D eigenvalue weighted by molar-refractivity contribution is 5.72. The molecule has 2 aromatic heterocycles. The first-order chi connectivity index (χ1) is 16.4. The third kappa shape index (κ3) is 3.91. The topological polar surface area (TPSA) is 111 Å². The van der Waals surface area contributed by atoms with E-state index in [1.165, 1.54) is 41.8 Å². The molecule has 0 spiro atoms. The molecule has 0 aliphatic heterocycles. The van der Waals surface area contributed by atoms with Crippen molar-refractivity contribution in [3.05, 3.63) is 50.7 Å². The van der Waals surface area contributed by atoms with Gasteiger partial charge in [0.1, 0.15) is 0 Å². The van der Waals surface area contributed by atoms with Crippen molar-refractivity contribution in [3.8, 4) is 23.3 Å². The summed E-state index contributed by atoms with van der Waals surface area (Å²) in [7, 11) is 2.75. The van der Waals surface area contributed by atoms with Gasteiger partial charge in [-0.3, -0.25) is 18.8 Å². The number of hydrogen-bond donors (Lipinski definition) is 1. The van der Waals surface area contributed by atoms with Gasteiger partial charge in [-0.05, 0) is 43.7 Å². The SMILES string of the molecule is COc1c(F)cccc1OC(=O)N(C)CC#Cc1nc2c([nH]1)c(=O)n(C1CC1)c(=O)n2C1CC1. The summed E-state index contributed by atoms with van der Waals surface area (Å²) in [5.41, 5.74) is -0.133. The Morgan fingerprint density at radius 2 is 1.94 bits per heavy atom. The van der Waals surface area contributed by atoms with E-state index in [1.807, 2.05) is 0 Å². The Morgan fingerprint density at radius 1 is 1.24 bits per heavy atom. The zero-order chi connectivity index (χ0) is 24.0. The van der Waals surface area contributed by atoms with Gasteiger partial charge in [-0.2, -0.15) is 0 Å². The third-order valence-corrected chi connectivity index (χ3v) is 5.75. The van der Waals surface area contributed by atoms with Gasteiger partial charge in [0.25, 0.3) is 5.56 Å². The summed E-state index contributed by atoms with van der Waals surface area (Å²) in [6, 6.07) is 4.01. The lowest BCUT2D eigenvalue weighted by molar-refractivity contribution is 0.165.